The molecule has 6 nitrogen and oxygen atoms in total. The number of carbonyl (C=O) groups is 2. The predicted octanol–water partition coefficient (Wildman–Crippen LogP) is 5.18. The zero-order valence-electron chi connectivity index (χ0n) is 20.2. The van der Waals surface area contributed by atoms with E-state index >= 15 is 0 Å². The van der Waals surface area contributed by atoms with Gasteiger partial charge in [0.1, 0.15) is 5.75 Å². The van der Waals surface area contributed by atoms with Crippen LogP contribution in [0.25, 0.3) is 0 Å². The fraction of sp³-hybridized carbons (Fsp3) is 0.407. The number of hydrogen-bond acceptors (Lipinski definition) is 5. The summed E-state index contributed by atoms with van der Waals surface area (Å²) in [6.45, 7) is 6.17. The van der Waals surface area contributed by atoms with Crippen molar-refractivity contribution >= 4 is 17.4 Å². The van der Waals surface area contributed by atoms with E-state index in [2.05, 4.69) is 13.8 Å². The molecule has 6 heteroatoms. The third-order valence-corrected chi connectivity index (χ3v) is 6.55. The Kier molecular flexibility index (Phi) is 5.95. The van der Waals surface area contributed by atoms with Crippen LogP contribution in [0, 0.1) is 12.3 Å². The first kappa shape index (κ1) is 22.9. The van der Waals surface area contributed by atoms with Crippen LogP contribution in [0.3, 0.4) is 0 Å². The molecule has 0 spiro atoms. The molecule has 2 aromatic rings. The second kappa shape index (κ2) is 8.58. The van der Waals surface area contributed by atoms with E-state index in [0.29, 0.717) is 35.7 Å². The van der Waals surface area contributed by atoms with Gasteiger partial charge in [0.2, 0.25) is 5.91 Å². The van der Waals surface area contributed by atoms with Crippen molar-refractivity contribution in [2.24, 2.45) is 5.41 Å². The molecule has 0 bridgehead atoms. The molecule has 0 saturated carbocycles. The molecule has 1 aliphatic heterocycles. The Morgan fingerprint density at radius 2 is 1.48 bits per heavy atom. The Hall–Kier alpha value is -3.28. The van der Waals surface area contributed by atoms with E-state index in [1.165, 1.54) is 0 Å². The molecule has 1 aliphatic carbocycles. The number of ketones is 1. The number of benzene rings is 2. The van der Waals surface area contributed by atoms with E-state index in [1.54, 1.807) is 32.3 Å². The van der Waals surface area contributed by atoms with Gasteiger partial charge >= 0.3 is 0 Å². The second-order valence-corrected chi connectivity index (χ2v) is 9.57. The normalized spacial score (nSPS) is 19.9. The van der Waals surface area contributed by atoms with E-state index in [1.807, 2.05) is 37.3 Å². The van der Waals surface area contributed by atoms with Crippen LogP contribution < -0.4 is 19.1 Å². The Morgan fingerprint density at radius 1 is 0.879 bits per heavy atom. The fourth-order valence-electron chi connectivity index (χ4n) is 5.00. The third-order valence-electron chi connectivity index (χ3n) is 6.55. The summed E-state index contributed by atoms with van der Waals surface area (Å²) < 4.78 is 16.6. The molecule has 1 amide bonds. The number of aryl methyl sites for hydroxylation is 1. The largest absolute Gasteiger partial charge is 0.496 e. The maximum atomic E-state index is 13.6. The van der Waals surface area contributed by atoms with E-state index in [-0.39, 0.29) is 23.5 Å². The molecule has 33 heavy (non-hydrogen) atoms. The van der Waals surface area contributed by atoms with Crippen molar-refractivity contribution in [1.82, 2.24) is 0 Å². The molecular formula is C27H31NO5. The van der Waals surface area contributed by atoms with Crippen molar-refractivity contribution in [2.75, 3.05) is 26.2 Å². The first-order valence-electron chi connectivity index (χ1n) is 11.1. The molecule has 0 aromatic heterocycles. The number of methoxy groups -OCH3 is 3. The predicted molar refractivity (Wildman–Crippen MR) is 127 cm³/mol. The maximum Gasteiger partial charge on any atom is 0.232 e. The van der Waals surface area contributed by atoms with Gasteiger partial charge in [-0.05, 0) is 37.0 Å². The average molecular weight is 450 g/mol. The molecule has 0 N–H and O–H groups in total. The minimum Gasteiger partial charge on any atom is -0.496 e. The SMILES string of the molecule is COc1cc(OC)c(C2CC(=O)N(c3ccc(C)cc3)C3=C2C(=O)CC(C)(C)C3)cc1OC. The standard InChI is InChI=1S/C27H31NO5/c1-16-7-9-17(10-8-16)28-20-14-27(2,3)15-21(29)26(20)19(12-25(28)30)18-11-23(32-5)24(33-6)13-22(18)31-4/h7-11,13,19H,12,14-15H2,1-6H3. The van der Waals surface area contributed by atoms with Gasteiger partial charge in [0.15, 0.2) is 17.3 Å². The van der Waals surface area contributed by atoms with E-state index < -0.39 is 5.92 Å². The van der Waals surface area contributed by atoms with E-state index in [9.17, 15) is 9.59 Å². The number of rotatable bonds is 5. The summed E-state index contributed by atoms with van der Waals surface area (Å²) in [6.07, 6.45) is 1.25. The monoisotopic (exact) mass is 449 g/mol. The molecular weight excluding hydrogens is 418 g/mol. The van der Waals surface area contributed by atoms with E-state index in [0.717, 1.165) is 22.5 Å². The van der Waals surface area contributed by atoms with Crippen molar-refractivity contribution in [3.05, 3.63) is 58.8 Å². The highest BCUT2D eigenvalue weighted by Crippen LogP contribution is 2.51. The minimum atomic E-state index is -0.410. The Bertz CT molecular complexity index is 1130. The lowest BCUT2D eigenvalue weighted by atomic mass is 9.69. The van der Waals surface area contributed by atoms with Gasteiger partial charge in [0.25, 0.3) is 0 Å². The van der Waals surface area contributed by atoms with Crippen molar-refractivity contribution in [3.8, 4) is 17.2 Å². The van der Waals surface area contributed by atoms with Gasteiger partial charge in [-0.15, -0.1) is 0 Å². The molecule has 1 heterocycles. The molecule has 1 atom stereocenters. The van der Waals surface area contributed by atoms with Crippen LogP contribution in [0.4, 0.5) is 5.69 Å². The Morgan fingerprint density at radius 3 is 2.09 bits per heavy atom. The number of carbonyl (C=O) groups excluding carboxylic acids is 2. The lowest BCUT2D eigenvalue weighted by Crippen LogP contribution is -2.43. The topological polar surface area (TPSA) is 65.1 Å². The summed E-state index contributed by atoms with van der Waals surface area (Å²) in [4.78, 5) is 28.9. The summed E-state index contributed by atoms with van der Waals surface area (Å²) in [5.74, 6) is 1.27. The van der Waals surface area contributed by atoms with Crippen molar-refractivity contribution in [1.29, 1.82) is 0 Å². The minimum absolute atomic E-state index is 0.0371. The number of hydrogen-bond donors (Lipinski definition) is 0. The number of Topliss-reactive ketones (excluding diaryl/α,β-unsaturated/α-hetero) is 1. The highest BCUT2D eigenvalue weighted by Gasteiger charge is 2.45. The third kappa shape index (κ3) is 4.10. The number of allylic oxidation sites excluding steroid dienone is 2. The molecule has 4 rings (SSSR count). The van der Waals surface area contributed by atoms with Crippen LogP contribution in [0.5, 0.6) is 17.2 Å². The Labute approximate surface area is 195 Å². The number of nitrogens with zero attached hydrogens (tertiary/aromatic N) is 1. The highest BCUT2D eigenvalue weighted by molar-refractivity contribution is 6.08. The zero-order chi connectivity index (χ0) is 23.9. The van der Waals surface area contributed by atoms with Gasteiger partial charge in [-0.1, -0.05) is 31.5 Å². The molecule has 2 aromatic carbocycles. The Balaban J connectivity index is 1.93. The first-order valence-corrected chi connectivity index (χ1v) is 11.1. The fourth-order valence-corrected chi connectivity index (χ4v) is 5.00. The lowest BCUT2D eigenvalue weighted by Gasteiger charge is -2.43. The maximum absolute atomic E-state index is 13.6. The summed E-state index contributed by atoms with van der Waals surface area (Å²) in [5.41, 5.74) is 3.92. The number of ether oxygens (including phenoxy) is 3. The van der Waals surface area contributed by atoms with Crippen molar-refractivity contribution < 1.29 is 23.8 Å². The van der Waals surface area contributed by atoms with Crippen LogP contribution in [-0.2, 0) is 9.59 Å². The molecule has 0 fully saturated rings. The van der Waals surface area contributed by atoms with Crippen LogP contribution in [0.1, 0.15) is 50.2 Å². The summed E-state index contributed by atoms with van der Waals surface area (Å²) >= 11 is 0. The molecule has 174 valence electrons. The average Bonchev–Trinajstić information content (AvgIpc) is 2.77. The van der Waals surface area contributed by atoms with Crippen LogP contribution >= 0.6 is 0 Å². The molecule has 1 unspecified atom stereocenters. The van der Waals surface area contributed by atoms with Gasteiger partial charge in [-0.25, -0.2) is 0 Å². The van der Waals surface area contributed by atoms with Gasteiger partial charge in [0.05, 0.1) is 21.3 Å². The van der Waals surface area contributed by atoms with Gasteiger partial charge in [0, 0.05) is 47.3 Å². The molecule has 0 radical (unpaired) electrons. The lowest BCUT2D eigenvalue weighted by molar-refractivity contribution is -0.121. The van der Waals surface area contributed by atoms with Crippen molar-refractivity contribution in [2.45, 2.75) is 46.0 Å². The highest BCUT2D eigenvalue weighted by atomic mass is 16.5. The van der Waals surface area contributed by atoms with Gasteiger partial charge in [-0.3, -0.25) is 14.5 Å². The van der Waals surface area contributed by atoms with Gasteiger partial charge < -0.3 is 14.2 Å². The molecule has 0 saturated heterocycles. The van der Waals surface area contributed by atoms with Crippen LogP contribution in [0.2, 0.25) is 0 Å². The number of amides is 1. The zero-order valence-corrected chi connectivity index (χ0v) is 20.2. The van der Waals surface area contributed by atoms with Crippen LogP contribution in [0.15, 0.2) is 47.7 Å². The smallest absolute Gasteiger partial charge is 0.232 e. The van der Waals surface area contributed by atoms with Crippen LogP contribution in [-0.4, -0.2) is 33.0 Å². The van der Waals surface area contributed by atoms with E-state index in [4.69, 9.17) is 14.2 Å². The molecule has 2 aliphatic rings. The summed E-state index contributed by atoms with van der Waals surface area (Å²) in [6, 6.07) is 11.4. The second-order valence-electron chi connectivity index (χ2n) is 9.57. The first-order chi connectivity index (χ1) is 15.7. The van der Waals surface area contributed by atoms with Crippen molar-refractivity contribution in [3.63, 3.8) is 0 Å². The summed E-state index contributed by atoms with van der Waals surface area (Å²) in [5, 5.41) is 0. The summed E-state index contributed by atoms with van der Waals surface area (Å²) in [7, 11) is 4.71. The number of anilines is 1. The van der Waals surface area contributed by atoms with Gasteiger partial charge in [-0.2, -0.15) is 0 Å². The quantitative estimate of drug-likeness (QED) is 0.629.